The molecule has 0 saturated carbocycles. The Hall–Kier alpha value is -1.11. The van der Waals surface area contributed by atoms with Crippen molar-refractivity contribution in [2.45, 2.75) is 26.7 Å². The maximum atomic E-state index is 4.30. The molecule has 0 bridgehead atoms. The fraction of sp³-hybridized carbons (Fsp3) is 0.364. The van der Waals surface area contributed by atoms with E-state index in [-0.39, 0.29) is 0 Å². The molecule has 0 radical (unpaired) electrons. The van der Waals surface area contributed by atoms with Crippen LogP contribution >= 0.6 is 0 Å². The first-order chi connectivity index (χ1) is 5.74. The van der Waals surface area contributed by atoms with Gasteiger partial charge in [0.05, 0.1) is 5.69 Å². The Labute approximate surface area is 74.2 Å². The van der Waals surface area contributed by atoms with Crippen LogP contribution in [0, 0.1) is 0 Å². The van der Waals surface area contributed by atoms with E-state index in [0.717, 1.165) is 5.69 Å². The quantitative estimate of drug-likeness (QED) is 0.649. The molecular formula is C11H15N. The Bertz CT molecular complexity index is 257. The Balaban J connectivity index is 2.85. The SMILES string of the molecule is C/C=C/c1ccc(C(C)C)cn1. The van der Waals surface area contributed by atoms with Crippen molar-refractivity contribution in [3.63, 3.8) is 0 Å². The van der Waals surface area contributed by atoms with Gasteiger partial charge in [0.2, 0.25) is 0 Å². The number of aromatic nitrogens is 1. The Morgan fingerprint density at radius 3 is 2.50 bits per heavy atom. The van der Waals surface area contributed by atoms with Crippen molar-refractivity contribution in [1.82, 2.24) is 4.98 Å². The van der Waals surface area contributed by atoms with Gasteiger partial charge in [0.25, 0.3) is 0 Å². The average Bonchev–Trinajstić information content (AvgIpc) is 2.06. The molecule has 0 amide bonds. The Morgan fingerprint density at radius 2 is 2.08 bits per heavy atom. The third-order valence-electron chi connectivity index (χ3n) is 1.81. The second-order valence-electron chi connectivity index (χ2n) is 3.17. The van der Waals surface area contributed by atoms with Gasteiger partial charge in [-0.2, -0.15) is 0 Å². The van der Waals surface area contributed by atoms with Gasteiger partial charge >= 0.3 is 0 Å². The number of nitrogens with zero attached hydrogens (tertiary/aromatic N) is 1. The number of hydrogen-bond acceptors (Lipinski definition) is 1. The zero-order valence-corrected chi connectivity index (χ0v) is 7.91. The lowest BCUT2D eigenvalue weighted by molar-refractivity contribution is 0.857. The van der Waals surface area contributed by atoms with E-state index in [0.29, 0.717) is 5.92 Å². The van der Waals surface area contributed by atoms with Crippen LogP contribution in [-0.4, -0.2) is 4.98 Å². The lowest BCUT2D eigenvalue weighted by atomic mass is 10.1. The summed E-state index contributed by atoms with van der Waals surface area (Å²) in [6.45, 7) is 6.34. The first kappa shape index (κ1) is 8.98. The van der Waals surface area contributed by atoms with Crippen LogP contribution in [0.25, 0.3) is 6.08 Å². The standard InChI is InChI=1S/C11H15N/c1-4-5-11-7-6-10(8-12-11)9(2)3/h4-9H,1-3H3/b5-4+. The predicted octanol–water partition coefficient (Wildman–Crippen LogP) is 3.24. The fourth-order valence-electron chi connectivity index (χ4n) is 1.03. The van der Waals surface area contributed by atoms with Crippen molar-refractivity contribution in [1.29, 1.82) is 0 Å². The Morgan fingerprint density at radius 1 is 1.33 bits per heavy atom. The van der Waals surface area contributed by atoms with Crippen LogP contribution in [0.5, 0.6) is 0 Å². The molecule has 1 nitrogen and oxygen atoms in total. The molecule has 0 atom stereocenters. The number of rotatable bonds is 2. The molecule has 1 heteroatoms. The lowest BCUT2D eigenvalue weighted by Crippen LogP contribution is -1.89. The molecule has 0 aliphatic heterocycles. The summed E-state index contributed by atoms with van der Waals surface area (Å²) in [4.78, 5) is 4.30. The summed E-state index contributed by atoms with van der Waals surface area (Å²) in [5.74, 6) is 0.567. The molecule has 1 aromatic heterocycles. The molecule has 0 aliphatic rings. The van der Waals surface area contributed by atoms with E-state index in [1.165, 1.54) is 5.56 Å². The van der Waals surface area contributed by atoms with Crippen molar-refractivity contribution < 1.29 is 0 Å². The average molecular weight is 161 g/mol. The lowest BCUT2D eigenvalue weighted by Gasteiger charge is -2.03. The molecule has 12 heavy (non-hydrogen) atoms. The minimum atomic E-state index is 0.567. The van der Waals surface area contributed by atoms with Crippen LogP contribution in [0.1, 0.15) is 37.9 Å². The molecule has 0 unspecified atom stereocenters. The maximum Gasteiger partial charge on any atom is 0.0626 e. The summed E-state index contributed by atoms with van der Waals surface area (Å²) < 4.78 is 0. The molecule has 0 aromatic carbocycles. The van der Waals surface area contributed by atoms with Crippen LogP contribution in [0.4, 0.5) is 0 Å². The van der Waals surface area contributed by atoms with Gasteiger partial charge in [-0.1, -0.05) is 26.0 Å². The van der Waals surface area contributed by atoms with Gasteiger partial charge in [-0.15, -0.1) is 0 Å². The van der Waals surface area contributed by atoms with E-state index >= 15 is 0 Å². The van der Waals surface area contributed by atoms with Crippen molar-refractivity contribution in [3.8, 4) is 0 Å². The molecule has 64 valence electrons. The van der Waals surface area contributed by atoms with Crippen LogP contribution in [0.2, 0.25) is 0 Å². The van der Waals surface area contributed by atoms with Gasteiger partial charge in [-0.05, 0) is 30.5 Å². The molecule has 0 fully saturated rings. The largest absolute Gasteiger partial charge is 0.257 e. The van der Waals surface area contributed by atoms with Gasteiger partial charge in [0, 0.05) is 6.20 Å². The van der Waals surface area contributed by atoms with Crippen molar-refractivity contribution >= 4 is 6.08 Å². The highest BCUT2D eigenvalue weighted by molar-refractivity contribution is 5.44. The third-order valence-corrected chi connectivity index (χ3v) is 1.81. The summed E-state index contributed by atoms with van der Waals surface area (Å²) in [5, 5.41) is 0. The van der Waals surface area contributed by atoms with E-state index in [9.17, 15) is 0 Å². The molecule has 0 saturated heterocycles. The molecule has 1 rings (SSSR count). The highest BCUT2D eigenvalue weighted by atomic mass is 14.7. The first-order valence-corrected chi connectivity index (χ1v) is 4.32. The van der Waals surface area contributed by atoms with Crippen LogP contribution in [0.3, 0.4) is 0 Å². The molecule has 0 aliphatic carbocycles. The highest BCUT2D eigenvalue weighted by Gasteiger charge is 1.97. The van der Waals surface area contributed by atoms with Crippen molar-refractivity contribution in [3.05, 3.63) is 35.7 Å². The smallest absolute Gasteiger partial charge is 0.0626 e. The fourth-order valence-corrected chi connectivity index (χ4v) is 1.03. The van der Waals surface area contributed by atoms with Gasteiger partial charge < -0.3 is 0 Å². The predicted molar refractivity (Wildman–Crippen MR) is 53.0 cm³/mol. The highest BCUT2D eigenvalue weighted by Crippen LogP contribution is 2.12. The molecule has 1 heterocycles. The molecular weight excluding hydrogens is 146 g/mol. The van der Waals surface area contributed by atoms with Crippen LogP contribution < -0.4 is 0 Å². The second kappa shape index (κ2) is 4.05. The van der Waals surface area contributed by atoms with Crippen molar-refractivity contribution in [2.24, 2.45) is 0 Å². The molecule has 0 spiro atoms. The van der Waals surface area contributed by atoms with Gasteiger partial charge in [0.1, 0.15) is 0 Å². The minimum Gasteiger partial charge on any atom is -0.257 e. The van der Waals surface area contributed by atoms with Crippen LogP contribution in [-0.2, 0) is 0 Å². The van der Waals surface area contributed by atoms with Gasteiger partial charge in [-0.25, -0.2) is 0 Å². The summed E-state index contributed by atoms with van der Waals surface area (Å²) in [6, 6.07) is 4.18. The first-order valence-electron chi connectivity index (χ1n) is 4.32. The van der Waals surface area contributed by atoms with E-state index in [1.807, 2.05) is 25.3 Å². The minimum absolute atomic E-state index is 0.567. The summed E-state index contributed by atoms with van der Waals surface area (Å²) >= 11 is 0. The maximum absolute atomic E-state index is 4.30. The Kier molecular flexibility index (Phi) is 3.03. The summed E-state index contributed by atoms with van der Waals surface area (Å²) in [5.41, 5.74) is 2.32. The van der Waals surface area contributed by atoms with Crippen molar-refractivity contribution in [2.75, 3.05) is 0 Å². The van der Waals surface area contributed by atoms with E-state index < -0.39 is 0 Å². The normalized spacial score (nSPS) is 11.3. The van der Waals surface area contributed by atoms with E-state index in [1.54, 1.807) is 0 Å². The van der Waals surface area contributed by atoms with Gasteiger partial charge in [0.15, 0.2) is 0 Å². The zero-order chi connectivity index (χ0) is 8.97. The monoisotopic (exact) mass is 161 g/mol. The number of allylic oxidation sites excluding steroid dienone is 1. The summed E-state index contributed by atoms with van der Waals surface area (Å²) in [6.07, 6.45) is 5.95. The molecule has 1 aromatic rings. The van der Waals surface area contributed by atoms with E-state index in [4.69, 9.17) is 0 Å². The molecule has 0 N–H and O–H groups in total. The zero-order valence-electron chi connectivity index (χ0n) is 7.91. The third kappa shape index (κ3) is 2.19. The van der Waals surface area contributed by atoms with Crippen LogP contribution in [0.15, 0.2) is 24.4 Å². The topological polar surface area (TPSA) is 12.9 Å². The number of hydrogen-bond donors (Lipinski definition) is 0. The second-order valence-corrected chi connectivity index (χ2v) is 3.17. The van der Waals surface area contributed by atoms with E-state index in [2.05, 4.69) is 31.0 Å². The van der Waals surface area contributed by atoms with Gasteiger partial charge in [-0.3, -0.25) is 4.98 Å². The number of pyridine rings is 1. The summed E-state index contributed by atoms with van der Waals surface area (Å²) in [7, 11) is 0.